The number of pyridine rings is 1. The van der Waals surface area contributed by atoms with Crippen molar-refractivity contribution in [1.29, 1.82) is 0 Å². The summed E-state index contributed by atoms with van der Waals surface area (Å²) in [4.78, 5) is 6.71. The molecule has 6 atom stereocenters. The van der Waals surface area contributed by atoms with Crippen LogP contribution in [0.5, 0.6) is 0 Å². The third-order valence-corrected chi connectivity index (χ3v) is 9.66. The molecule has 1 N–H and O–H groups in total. The molecule has 6 rings (SSSR count). The minimum absolute atomic E-state index is 0.00397. The van der Waals surface area contributed by atoms with Crippen LogP contribution >= 0.6 is 0 Å². The third kappa shape index (κ3) is 2.87. The fourth-order valence-corrected chi connectivity index (χ4v) is 7.90. The molecule has 2 bridgehead atoms. The molecule has 31 heavy (non-hydrogen) atoms. The molecule has 2 aliphatic heterocycles. The summed E-state index contributed by atoms with van der Waals surface area (Å²) in [6.07, 6.45) is 18.7. The van der Waals surface area contributed by atoms with Crippen LogP contribution in [0.2, 0.25) is 0 Å². The van der Waals surface area contributed by atoms with Gasteiger partial charge in [0, 0.05) is 31.0 Å². The molecule has 0 radical (unpaired) electrons. The summed E-state index contributed by atoms with van der Waals surface area (Å²) in [5, 5.41) is 3.92. The molecule has 166 valence electrons. The maximum absolute atomic E-state index is 7.35. The van der Waals surface area contributed by atoms with Crippen LogP contribution in [0.3, 0.4) is 0 Å². The van der Waals surface area contributed by atoms with Crippen LogP contribution < -0.4 is 5.32 Å². The van der Waals surface area contributed by atoms with Crippen molar-refractivity contribution < 1.29 is 4.74 Å². The molecule has 4 heteroatoms. The lowest BCUT2D eigenvalue weighted by molar-refractivity contribution is -0.140. The summed E-state index contributed by atoms with van der Waals surface area (Å²) in [6, 6.07) is 5.39. The van der Waals surface area contributed by atoms with Gasteiger partial charge in [-0.15, -0.1) is 0 Å². The third-order valence-electron chi connectivity index (χ3n) is 9.66. The maximum atomic E-state index is 7.35. The molecule has 5 aliphatic rings. The van der Waals surface area contributed by atoms with Crippen molar-refractivity contribution in [3.8, 4) is 0 Å². The zero-order chi connectivity index (χ0) is 21.3. The lowest BCUT2D eigenvalue weighted by atomic mass is 9.60. The second-order valence-electron chi connectivity index (χ2n) is 11.3. The lowest BCUT2D eigenvalue weighted by Gasteiger charge is -2.54. The predicted octanol–water partition coefficient (Wildman–Crippen LogP) is 4.63. The van der Waals surface area contributed by atoms with Gasteiger partial charge >= 0.3 is 0 Å². The van der Waals surface area contributed by atoms with E-state index in [0.29, 0.717) is 18.0 Å². The van der Waals surface area contributed by atoms with Gasteiger partial charge in [0.15, 0.2) is 0 Å². The van der Waals surface area contributed by atoms with Crippen LogP contribution in [-0.4, -0.2) is 47.3 Å². The first kappa shape index (κ1) is 20.1. The molecule has 4 nitrogen and oxygen atoms in total. The highest BCUT2D eigenvalue weighted by molar-refractivity contribution is 5.47. The van der Waals surface area contributed by atoms with Crippen molar-refractivity contribution in [3.63, 3.8) is 0 Å². The summed E-state index contributed by atoms with van der Waals surface area (Å²) in [6.45, 7) is 3.44. The van der Waals surface area contributed by atoms with Crippen molar-refractivity contribution in [2.75, 3.05) is 14.1 Å². The zero-order valence-corrected chi connectivity index (χ0v) is 19.4. The number of nitrogens with one attached hydrogen (secondary N) is 1. The average molecular weight is 420 g/mol. The van der Waals surface area contributed by atoms with Crippen molar-refractivity contribution in [2.24, 2.45) is 11.3 Å². The maximum Gasteiger partial charge on any atom is 0.0975 e. The first-order valence-corrected chi connectivity index (χ1v) is 12.4. The Morgan fingerprint density at radius 2 is 2.13 bits per heavy atom. The van der Waals surface area contributed by atoms with Gasteiger partial charge in [0.1, 0.15) is 0 Å². The van der Waals surface area contributed by atoms with Crippen LogP contribution in [-0.2, 0) is 11.3 Å². The normalized spacial score (nSPS) is 43.2. The van der Waals surface area contributed by atoms with Crippen LogP contribution in [0.1, 0.15) is 63.9 Å². The first-order valence-electron chi connectivity index (χ1n) is 12.4. The second-order valence-corrected chi connectivity index (χ2v) is 11.3. The summed E-state index contributed by atoms with van der Waals surface area (Å²) < 4.78 is 7.35. The average Bonchev–Trinajstić information content (AvgIpc) is 3.27. The van der Waals surface area contributed by atoms with Gasteiger partial charge in [-0.05, 0) is 99.6 Å². The van der Waals surface area contributed by atoms with Crippen molar-refractivity contribution >= 4 is 0 Å². The molecular weight excluding hydrogens is 382 g/mol. The monoisotopic (exact) mass is 419 g/mol. The first-order chi connectivity index (χ1) is 15.0. The molecule has 1 aromatic rings. The highest BCUT2D eigenvalue weighted by atomic mass is 16.5. The SMILES string of the molecule is CN(C)[C@@H]1CCC2=CC3=CC[C@]4(C)[C@@H](NCc5cccnc5)CC[C@H]4[C@@]34CC[C@]2(C1)O4. The van der Waals surface area contributed by atoms with E-state index in [4.69, 9.17) is 4.74 Å². The molecule has 3 aliphatic carbocycles. The van der Waals surface area contributed by atoms with E-state index in [0.717, 1.165) is 6.54 Å². The fraction of sp³-hybridized carbons (Fsp3) is 0.667. The number of hydrogen-bond donors (Lipinski definition) is 1. The topological polar surface area (TPSA) is 37.4 Å². The van der Waals surface area contributed by atoms with E-state index >= 15 is 0 Å². The number of nitrogens with zero attached hydrogens (tertiary/aromatic N) is 2. The van der Waals surface area contributed by atoms with Crippen molar-refractivity contribution in [1.82, 2.24) is 15.2 Å². The summed E-state index contributed by atoms with van der Waals surface area (Å²) in [7, 11) is 4.48. The van der Waals surface area contributed by atoms with E-state index in [2.05, 4.69) is 54.4 Å². The van der Waals surface area contributed by atoms with Gasteiger partial charge in [-0.3, -0.25) is 4.98 Å². The van der Waals surface area contributed by atoms with Gasteiger partial charge in [-0.25, -0.2) is 0 Å². The van der Waals surface area contributed by atoms with Gasteiger partial charge in [-0.1, -0.05) is 25.1 Å². The standard InChI is InChI=1S/C27H37N3O/c1-25-11-10-21-15-20-6-7-22(30(2)3)16-26(20)12-13-27(21,31-26)23(25)8-9-24(25)29-18-19-5-4-14-28-17-19/h4-5,10,14-15,17,22-24,29H,6-9,11-13,16,18H2,1-3H3/t22-,23-,24+,25+,26-,27-/m1/s1. The number of rotatable bonds is 4. The van der Waals surface area contributed by atoms with E-state index < -0.39 is 0 Å². The predicted molar refractivity (Wildman–Crippen MR) is 124 cm³/mol. The molecule has 1 aromatic heterocycles. The van der Waals surface area contributed by atoms with Gasteiger partial charge < -0.3 is 15.0 Å². The molecule has 1 saturated heterocycles. The Balaban J connectivity index is 1.29. The second kappa shape index (κ2) is 7.00. The number of allylic oxidation sites excluding steroid dienone is 1. The highest BCUT2D eigenvalue weighted by Crippen LogP contribution is 2.66. The molecule has 0 amide bonds. The van der Waals surface area contributed by atoms with E-state index in [1.165, 1.54) is 62.5 Å². The largest absolute Gasteiger partial charge is 0.359 e. The number of hydrogen-bond acceptors (Lipinski definition) is 4. The molecule has 0 unspecified atom stereocenters. The molecule has 2 spiro atoms. The van der Waals surface area contributed by atoms with Gasteiger partial charge in [0.25, 0.3) is 0 Å². The minimum atomic E-state index is -0.0462. The van der Waals surface area contributed by atoms with Gasteiger partial charge in [0.2, 0.25) is 0 Å². The van der Waals surface area contributed by atoms with Crippen LogP contribution in [0.4, 0.5) is 0 Å². The quantitative estimate of drug-likeness (QED) is 0.772. The smallest absolute Gasteiger partial charge is 0.0975 e. The van der Waals surface area contributed by atoms with E-state index in [9.17, 15) is 0 Å². The van der Waals surface area contributed by atoms with E-state index in [-0.39, 0.29) is 16.6 Å². The van der Waals surface area contributed by atoms with E-state index in [1.54, 1.807) is 5.57 Å². The number of ether oxygens (including phenoxy) is 1. The Bertz CT molecular complexity index is 924. The molecule has 0 aromatic carbocycles. The Morgan fingerprint density at radius 3 is 2.94 bits per heavy atom. The molecular formula is C27H37N3O. The van der Waals surface area contributed by atoms with Crippen molar-refractivity contribution in [2.45, 2.75) is 88.1 Å². The van der Waals surface area contributed by atoms with Crippen LogP contribution in [0, 0.1) is 11.3 Å². The highest BCUT2D eigenvalue weighted by Gasteiger charge is 2.66. The van der Waals surface area contributed by atoms with Crippen LogP contribution in [0.15, 0.2) is 47.8 Å². The molecule has 3 fully saturated rings. The molecule has 3 heterocycles. The summed E-state index contributed by atoms with van der Waals surface area (Å²) in [5.41, 5.74) is 4.61. The Hall–Kier alpha value is -1.49. The zero-order valence-electron chi connectivity index (χ0n) is 19.4. The fourth-order valence-electron chi connectivity index (χ4n) is 7.90. The Labute approximate surface area is 187 Å². The number of aromatic nitrogens is 1. The number of fused-ring (bicyclic) bond motifs is 1. The summed E-state index contributed by atoms with van der Waals surface area (Å²) in [5.74, 6) is 0.614. The minimum Gasteiger partial charge on any atom is -0.359 e. The molecule has 2 saturated carbocycles. The lowest BCUT2D eigenvalue weighted by Crippen LogP contribution is -2.56. The van der Waals surface area contributed by atoms with Crippen LogP contribution in [0.25, 0.3) is 0 Å². The summed E-state index contributed by atoms with van der Waals surface area (Å²) >= 11 is 0. The van der Waals surface area contributed by atoms with Crippen molar-refractivity contribution in [3.05, 3.63) is 53.4 Å². The van der Waals surface area contributed by atoms with E-state index in [1.807, 2.05) is 18.5 Å². The Kier molecular flexibility index (Phi) is 4.55. The Morgan fingerprint density at radius 1 is 1.23 bits per heavy atom. The van der Waals surface area contributed by atoms with Gasteiger partial charge in [-0.2, -0.15) is 0 Å². The van der Waals surface area contributed by atoms with Gasteiger partial charge in [0.05, 0.1) is 11.2 Å².